The first kappa shape index (κ1) is 16.3. The number of rotatable bonds is 6. The van der Waals surface area contributed by atoms with E-state index < -0.39 is 11.9 Å². The molecule has 5 nitrogen and oxygen atoms in total. The van der Waals surface area contributed by atoms with Crippen molar-refractivity contribution < 1.29 is 19.4 Å². The summed E-state index contributed by atoms with van der Waals surface area (Å²) in [4.78, 5) is 25.3. The summed E-state index contributed by atoms with van der Waals surface area (Å²) < 4.78 is 5.61. The fraction of sp³-hybridized carbons (Fsp3) is 0.529. The van der Waals surface area contributed by atoms with Crippen LogP contribution in [0.2, 0.25) is 0 Å². The van der Waals surface area contributed by atoms with Crippen LogP contribution in [0.4, 0.5) is 0 Å². The molecule has 1 amide bonds. The fourth-order valence-corrected chi connectivity index (χ4v) is 2.86. The largest absolute Gasteiger partial charge is 0.494 e. The third-order valence-electron chi connectivity index (χ3n) is 4.34. The third-order valence-corrected chi connectivity index (χ3v) is 4.34. The molecule has 0 aliphatic carbocycles. The van der Waals surface area contributed by atoms with E-state index in [-0.39, 0.29) is 17.9 Å². The fourth-order valence-electron chi connectivity index (χ4n) is 2.86. The lowest BCUT2D eigenvalue weighted by Crippen LogP contribution is -2.40. The van der Waals surface area contributed by atoms with Crippen LogP contribution >= 0.6 is 0 Å². The number of amides is 1. The second-order valence-corrected chi connectivity index (χ2v) is 5.86. The maximum absolute atomic E-state index is 12.4. The summed E-state index contributed by atoms with van der Waals surface area (Å²) in [5, 5.41) is 9.13. The minimum atomic E-state index is -0.817. The van der Waals surface area contributed by atoms with Crippen molar-refractivity contribution in [3.63, 3.8) is 0 Å². The number of hydrogen-bond donors (Lipinski definition) is 1. The summed E-state index contributed by atoms with van der Waals surface area (Å²) in [7, 11) is 0. The number of carboxylic acids is 1. The third kappa shape index (κ3) is 3.78. The molecule has 0 saturated carbocycles. The zero-order chi connectivity index (χ0) is 16.1. The Morgan fingerprint density at radius 3 is 2.64 bits per heavy atom. The van der Waals surface area contributed by atoms with E-state index in [0.717, 1.165) is 5.75 Å². The van der Waals surface area contributed by atoms with Gasteiger partial charge in [0.05, 0.1) is 12.5 Å². The van der Waals surface area contributed by atoms with E-state index in [9.17, 15) is 9.59 Å². The lowest BCUT2D eigenvalue weighted by atomic mass is 10.0. The van der Waals surface area contributed by atoms with Gasteiger partial charge in [0.2, 0.25) is 5.91 Å². The summed E-state index contributed by atoms with van der Waals surface area (Å²) in [6.45, 7) is 4.69. The van der Waals surface area contributed by atoms with Crippen molar-refractivity contribution in [2.45, 2.75) is 32.7 Å². The molecule has 5 heteroatoms. The highest BCUT2D eigenvalue weighted by Crippen LogP contribution is 2.26. The predicted molar refractivity (Wildman–Crippen MR) is 82.6 cm³/mol. The number of ether oxygens (including phenoxy) is 1. The van der Waals surface area contributed by atoms with Crippen LogP contribution in [0.1, 0.15) is 26.7 Å². The highest BCUT2D eigenvalue weighted by Gasteiger charge is 2.39. The van der Waals surface area contributed by atoms with Gasteiger partial charge in [0.25, 0.3) is 0 Å². The van der Waals surface area contributed by atoms with Gasteiger partial charge in [0.15, 0.2) is 0 Å². The number of aliphatic carboxylic acids is 1. The Hall–Kier alpha value is -2.04. The molecule has 3 unspecified atom stereocenters. The van der Waals surface area contributed by atoms with Crippen molar-refractivity contribution in [2.75, 3.05) is 13.2 Å². The second kappa shape index (κ2) is 7.29. The van der Waals surface area contributed by atoms with E-state index in [0.29, 0.717) is 26.0 Å². The standard InChI is InChI=1S/C17H23NO4/c1-12(9-11-22-14-6-4-3-5-7-14)16(19)18-10-8-15(13(18)2)17(20)21/h3-7,12-13,15H,8-11H2,1-2H3,(H,20,21). The highest BCUT2D eigenvalue weighted by molar-refractivity contribution is 5.81. The maximum Gasteiger partial charge on any atom is 0.308 e. The lowest BCUT2D eigenvalue weighted by Gasteiger charge is -2.26. The maximum atomic E-state index is 12.4. The molecule has 1 N–H and O–H groups in total. The van der Waals surface area contributed by atoms with Crippen molar-refractivity contribution >= 4 is 11.9 Å². The van der Waals surface area contributed by atoms with E-state index in [1.165, 1.54) is 0 Å². The zero-order valence-corrected chi connectivity index (χ0v) is 13.1. The molecule has 0 bridgehead atoms. The van der Waals surface area contributed by atoms with Gasteiger partial charge < -0.3 is 14.7 Å². The highest BCUT2D eigenvalue weighted by atomic mass is 16.5. The minimum Gasteiger partial charge on any atom is -0.494 e. The quantitative estimate of drug-likeness (QED) is 0.876. The molecule has 1 aromatic carbocycles. The topological polar surface area (TPSA) is 66.8 Å². The number of carboxylic acid groups (broad SMARTS) is 1. The van der Waals surface area contributed by atoms with Crippen LogP contribution in [0.3, 0.4) is 0 Å². The van der Waals surface area contributed by atoms with Gasteiger partial charge in [-0.15, -0.1) is 0 Å². The van der Waals surface area contributed by atoms with Gasteiger partial charge in [-0.1, -0.05) is 25.1 Å². The Balaban J connectivity index is 1.81. The van der Waals surface area contributed by atoms with Crippen molar-refractivity contribution in [1.29, 1.82) is 0 Å². The first-order chi connectivity index (χ1) is 10.5. The Morgan fingerprint density at radius 2 is 2.05 bits per heavy atom. The Labute approximate surface area is 130 Å². The van der Waals surface area contributed by atoms with Gasteiger partial charge in [-0.05, 0) is 31.9 Å². The van der Waals surface area contributed by atoms with Gasteiger partial charge in [-0.25, -0.2) is 0 Å². The van der Waals surface area contributed by atoms with Crippen LogP contribution in [0, 0.1) is 11.8 Å². The molecule has 1 aliphatic heterocycles. The Kier molecular flexibility index (Phi) is 5.41. The number of likely N-dealkylation sites (tertiary alicyclic amines) is 1. The second-order valence-electron chi connectivity index (χ2n) is 5.86. The summed E-state index contributed by atoms with van der Waals surface area (Å²) >= 11 is 0. The summed E-state index contributed by atoms with van der Waals surface area (Å²) in [6, 6.07) is 9.26. The molecule has 3 atom stereocenters. The van der Waals surface area contributed by atoms with E-state index >= 15 is 0 Å². The molecule has 0 aromatic heterocycles. The first-order valence-electron chi connectivity index (χ1n) is 7.72. The van der Waals surface area contributed by atoms with Gasteiger partial charge in [-0.3, -0.25) is 9.59 Å². The van der Waals surface area contributed by atoms with E-state index in [1.54, 1.807) is 4.90 Å². The summed E-state index contributed by atoms with van der Waals surface area (Å²) in [6.07, 6.45) is 1.16. The Morgan fingerprint density at radius 1 is 1.36 bits per heavy atom. The normalized spacial score (nSPS) is 22.4. The van der Waals surface area contributed by atoms with Crippen LogP contribution < -0.4 is 4.74 Å². The smallest absolute Gasteiger partial charge is 0.308 e. The van der Waals surface area contributed by atoms with Gasteiger partial charge in [0, 0.05) is 18.5 Å². The van der Waals surface area contributed by atoms with E-state index in [1.807, 2.05) is 44.2 Å². The number of nitrogens with zero attached hydrogens (tertiary/aromatic N) is 1. The summed E-state index contributed by atoms with van der Waals surface area (Å²) in [5.41, 5.74) is 0. The molecule has 0 spiro atoms. The molecular weight excluding hydrogens is 282 g/mol. The van der Waals surface area contributed by atoms with Crippen LogP contribution in [-0.2, 0) is 9.59 Å². The van der Waals surface area contributed by atoms with Gasteiger partial charge >= 0.3 is 5.97 Å². The van der Waals surface area contributed by atoms with Crippen molar-refractivity contribution in [2.24, 2.45) is 11.8 Å². The number of para-hydroxylation sites is 1. The monoisotopic (exact) mass is 305 g/mol. The lowest BCUT2D eigenvalue weighted by molar-refractivity contribution is -0.143. The molecule has 2 rings (SSSR count). The average Bonchev–Trinajstić information content (AvgIpc) is 2.89. The van der Waals surface area contributed by atoms with Crippen molar-refractivity contribution in [3.8, 4) is 5.75 Å². The molecule has 1 aliphatic rings. The van der Waals surface area contributed by atoms with Crippen LogP contribution in [0.5, 0.6) is 5.75 Å². The molecule has 1 fully saturated rings. The minimum absolute atomic E-state index is 0.0212. The van der Waals surface area contributed by atoms with Gasteiger partial charge in [0.1, 0.15) is 5.75 Å². The van der Waals surface area contributed by atoms with Crippen LogP contribution in [0.15, 0.2) is 30.3 Å². The zero-order valence-electron chi connectivity index (χ0n) is 13.1. The van der Waals surface area contributed by atoms with E-state index in [4.69, 9.17) is 9.84 Å². The summed E-state index contributed by atoms with van der Waals surface area (Å²) in [5.74, 6) is -0.617. The molecule has 0 radical (unpaired) electrons. The number of carbonyl (C=O) groups excluding carboxylic acids is 1. The molecule has 1 heterocycles. The molecule has 1 aromatic rings. The van der Waals surface area contributed by atoms with Crippen LogP contribution in [-0.4, -0.2) is 41.1 Å². The number of hydrogen-bond acceptors (Lipinski definition) is 3. The van der Waals surface area contributed by atoms with Crippen molar-refractivity contribution in [1.82, 2.24) is 4.90 Å². The van der Waals surface area contributed by atoms with E-state index in [2.05, 4.69) is 0 Å². The van der Waals surface area contributed by atoms with Crippen molar-refractivity contribution in [3.05, 3.63) is 30.3 Å². The van der Waals surface area contributed by atoms with Gasteiger partial charge in [-0.2, -0.15) is 0 Å². The molecule has 22 heavy (non-hydrogen) atoms. The number of benzene rings is 1. The molecule has 1 saturated heterocycles. The number of carbonyl (C=O) groups is 2. The SMILES string of the molecule is CC(CCOc1ccccc1)C(=O)N1CCC(C(=O)O)C1C. The molecular formula is C17H23NO4. The average molecular weight is 305 g/mol. The predicted octanol–water partition coefficient (Wildman–Crippen LogP) is 2.41. The Bertz CT molecular complexity index is 517. The first-order valence-corrected chi connectivity index (χ1v) is 7.72. The van der Waals surface area contributed by atoms with Crippen LogP contribution in [0.25, 0.3) is 0 Å². The molecule has 120 valence electrons.